The van der Waals surface area contributed by atoms with Gasteiger partial charge in [0.2, 0.25) is 5.91 Å². The summed E-state index contributed by atoms with van der Waals surface area (Å²) in [6.07, 6.45) is 1.44. The Labute approximate surface area is 113 Å². The topological polar surface area (TPSA) is 64.4 Å². The molecule has 1 amide bonds. The van der Waals surface area contributed by atoms with E-state index in [4.69, 9.17) is 4.74 Å². The lowest BCUT2D eigenvalue weighted by Crippen LogP contribution is -2.43. The molecule has 2 aromatic rings. The lowest BCUT2D eigenvalue weighted by Gasteiger charge is -2.26. The van der Waals surface area contributed by atoms with E-state index in [0.29, 0.717) is 36.5 Å². The summed E-state index contributed by atoms with van der Waals surface area (Å²) in [5.74, 6) is -0.0666. The Bertz CT molecular complexity index is 658. The molecule has 0 aliphatic carbocycles. The van der Waals surface area contributed by atoms with Gasteiger partial charge in [-0.05, 0) is 11.4 Å². The Morgan fingerprint density at radius 1 is 1.42 bits per heavy atom. The quantitative estimate of drug-likeness (QED) is 0.794. The summed E-state index contributed by atoms with van der Waals surface area (Å²) in [5.41, 5.74) is 0.534. The van der Waals surface area contributed by atoms with Gasteiger partial charge in [-0.2, -0.15) is 0 Å². The van der Waals surface area contributed by atoms with Gasteiger partial charge in [0.05, 0.1) is 25.1 Å². The molecule has 3 rings (SSSR count). The number of nitrogens with zero attached hydrogens (tertiary/aromatic N) is 3. The van der Waals surface area contributed by atoms with Crippen LogP contribution in [-0.4, -0.2) is 46.7 Å². The first-order valence-corrected chi connectivity index (χ1v) is 6.92. The van der Waals surface area contributed by atoms with Crippen LogP contribution in [0, 0.1) is 0 Å². The Kier molecular flexibility index (Phi) is 3.31. The smallest absolute Gasteiger partial charge is 0.271 e. The van der Waals surface area contributed by atoms with Crippen molar-refractivity contribution < 1.29 is 9.53 Å². The molecule has 6 nitrogen and oxygen atoms in total. The Morgan fingerprint density at radius 2 is 2.21 bits per heavy atom. The molecule has 0 unspecified atom stereocenters. The highest BCUT2D eigenvalue weighted by Gasteiger charge is 2.18. The number of ether oxygens (including phenoxy) is 1. The van der Waals surface area contributed by atoms with Gasteiger partial charge in [0, 0.05) is 13.1 Å². The van der Waals surface area contributed by atoms with Gasteiger partial charge in [-0.25, -0.2) is 4.98 Å². The molecule has 1 fully saturated rings. The average Bonchev–Trinajstić information content (AvgIpc) is 2.92. The van der Waals surface area contributed by atoms with E-state index >= 15 is 0 Å². The average molecular weight is 279 g/mol. The number of thiophene rings is 1. The molecule has 0 saturated carbocycles. The fourth-order valence-electron chi connectivity index (χ4n) is 2.05. The van der Waals surface area contributed by atoms with Gasteiger partial charge in [0.15, 0.2) is 0 Å². The van der Waals surface area contributed by atoms with E-state index in [2.05, 4.69) is 4.98 Å². The highest BCUT2D eigenvalue weighted by molar-refractivity contribution is 7.17. The van der Waals surface area contributed by atoms with Crippen LogP contribution in [0.3, 0.4) is 0 Å². The van der Waals surface area contributed by atoms with Crippen LogP contribution in [0.25, 0.3) is 10.2 Å². The fourth-order valence-corrected chi connectivity index (χ4v) is 2.84. The lowest BCUT2D eigenvalue weighted by molar-refractivity contribution is -0.135. The van der Waals surface area contributed by atoms with Crippen molar-refractivity contribution in [1.82, 2.24) is 14.5 Å². The molecular weight excluding hydrogens is 266 g/mol. The van der Waals surface area contributed by atoms with E-state index in [1.54, 1.807) is 11.0 Å². The van der Waals surface area contributed by atoms with Crippen LogP contribution >= 0.6 is 11.3 Å². The summed E-state index contributed by atoms with van der Waals surface area (Å²) in [5, 5.41) is 1.83. The number of morpholine rings is 1. The van der Waals surface area contributed by atoms with Gasteiger partial charge in [-0.15, -0.1) is 11.3 Å². The summed E-state index contributed by atoms with van der Waals surface area (Å²) in [7, 11) is 0. The molecule has 0 bridgehead atoms. The molecule has 100 valence electrons. The van der Waals surface area contributed by atoms with Gasteiger partial charge in [0.1, 0.15) is 11.2 Å². The van der Waals surface area contributed by atoms with Crippen molar-refractivity contribution in [2.45, 2.75) is 6.54 Å². The number of hydrogen-bond donors (Lipinski definition) is 0. The van der Waals surface area contributed by atoms with Crippen LogP contribution < -0.4 is 5.56 Å². The summed E-state index contributed by atoms with van der Waals surface area (Å²) in [6, 6.07) is 1.80. The molecule has 0 atom stereocenters. The first-order valence-electron chi connectivity index (χ1n) is 6.04. The van der Waals surface area contributed by atoms with Crippen molar-refractivity contribution in [3.8, 4) is 0 Å². The maximum atomic E-state index is 12.1. The zero-order valence-electron chi connectivity index (χ0n) is 10.2. The summed E-state index contributed by atoms with van der Waals surface area (Å²) in [4.78, 5) is 30.1. The predicted molar refractivity (Wildman–Crippen MR) is 71.3 cm³/mol. The molecule has 0 aromatic carbocycles. The van der Waals surface area contributed by atoms with E-state index < -0.39 is 0 Å². The summed E-state index contributed by atoms with van der Waals surface area (Å²) in [6.45, 7) is 2.33. The third-order valence-corrected chi connectivity index (χ3v) is 4.00. The second-order valence-corrected chi connectivity index (χ2v) is 5.22. The summed E-state index contributed by atoms with van der Waals surface area (Å²) >= 11 is 1.35. The molecule has 7 heteroatoms. The van der Waals surface area contributed by atoms with Crippen molar-refractivity contribution >= 4 is 27.5 Å². The van der Waals surface area contributed by atoms with Crippen LogP contribution in [0.2, 0.25) is 0 Å². The molecule has 1 saturated heterocycles. The lowest BCUT2D eigenvalue weighted by atomic mass is 10.4. The first-order chi connectivity index (χ1) is 9.25. The van der Waals surface area contributed by atoms with Gasteiger partial charge < -0.3 is 9.64 Å². The predicted octanol–water partition coefficient (Wildman–Crippen LogP) is 0.317. The van der Waals surface area contributed by atoms with Gasteiger partial charge in [-0.1, -0.05) is 0 Å². The minimum atomic E-state index is -0.151. The number of carbonyl (C=O) groups is 1. The van der Waals surface area contributed by atoms with E-state index in [1.165, 1.54) is 22.2 Å². The van der Waals surface area contributed by atoms with E-state index in [9.17, 15) is 9.59 Å². The third kappa shape index (κ3) is 2.39. The molecule has 0 spiro atoms. The number of rotatable bonds is 2. The number of hydrogen-bond acceptors (Lipinski definition) is 5. The molecule has 0 N–H and O–H groups in total. The Balaban J connectivity index is 1.82. The van der Waals surface area contributed by atoms with Crippen molar-refractivity contribution in [2.24, 2.45) is 0 Å². The number of amides is 1. The zero-order valence-corrected chi connectivity index (χ0v) is 11.1. The molecule has 1 aliphatic rings. The van der Waals surface area contributed by atoms with E-state index in [1.807, 2.05) is 5.38 Å². The first kappa shape index (κ1) is 12.3. The van der Waals surface area contributed by atoms with Crippen LogP contribution in [0.5, 0.6) is 0 Å². The zero-order chi connectivity index (χ0) is 13.2. The molecule has 0 radical (unpaired) electrons. The minimum absolute atomic E-state index is 0.0413. The molecule has 3 heterocycles. The second kappa shape index (κ2) is 5.10. The molecule has 1 aliphatic heterocycles. The van der Waals surface area contributed by atoms with E-state index in [-0.39, 0.29) is 18.0 Å². The normalized spacial score (nSPS) is 15.9. The van der Waals surface area contributed by atoms with Crippen molar-refractivity contribution in [2.75, 3.05) is 26.3 Å². The Morgan fingerprint density at radius 3 is 3.00 bits per heavy atom. The van der Waals surface area contributed by atoms with Crippen LogP contribution in [0.15, 0.2) is 22.6 Å². The van der Waals surface area contributed by atoms with Crippen LogP contribution in [-0.2, 0) is 16.1 Å². The largest absolute Gasteiger partial charge is 0.378 e. The van der Waals surface area contributed by atoms with E-state index in [0.717, 1.165) is 0 Å². The maximum Gasteiger partial charge on any atom is 0.271 e. The Hall–Kier alpha value is -1.73. The van der Waals surface area contributed by atoms with Crippen molar-refractivity contribution in [3.05, 3.63) is 28.1 Å². The SMILES string of the molecule is O=C(Cn1cnc2ccsc2c1=O)N1CCOCC1. The van der Waals surface area contributed by atoms with Gasteiger partial charge in [-0.3, -0.25) is 14.2 Å². The second-order valence-electron chi connectivity index (χ2n) is 4.31. The summed E-state index contributed by atoms with van der Waals surface area (Å²) < 4.78 is 7.16. The monoisotopic (exact) mass is 279 g/mol. The third-order valence-electron chi connectivity index (χ3n) is 3.11. The van der Waals surface area contributed by atoms with Crippen molar-refractivity contribution in [3.63, 3.8) is 0 Å². The highest BCUT2D eigenvalue weighted by Crippen LogP contribution is 2.13. The van der Waals surface area contributed by atoms with Crippen LogP contribution in [0.4, 0.5) is 0 Å². The molecule has 19 heavy (non-hydrogen) atoms. The van der Waals surface area contributed by atoms with Gasteiger partial charge in [0.25, 0.3) is 5.56 Å². The maximum absolute atomic E-state index is 12.1. The minimum Gasteiger partial charge on any atom is -0.378 e. The number of carbonyl (C=O) groups excluding carboxylic acids is 1. The number of aromatic nitrogens is 2. The standard InChI is InChI=1S/C12H13N3O3S/c16-10(14-2-4-18-5-3-14)7-15-8-13-9-1-6-19-11(9)12(15)17/h1,6,8H,2-5,7H2. The number of fused-ring (bicyclic) bond motifs is 1. The highest BCUT2D eigenvalue weighted by atomic mass is 32.1. The van der Waals surface area contributed by atoms with Crippen molar-refractivity contribution in [1.29, 1.82) is 0 Å². The van der Waals surface area contributed by atoms with Gasteiger partial charge >= 0.3 is 0 Å². The molecular formula is C12H13N3O3S. The van der Waals surface area contributed by atoms with Crippen LogP contribution in [0.1, 0.15) is 0 Å². The fraction of sp³-hybridized carbons (Fsp3) is 0.417. The molecule has 2 aromatic heterocycles.